The maximum atomic E-state index is 5.91. The van der Waals surface area contributed by atoms with E-state index < -0.39 is 0 Å². The lowest BCUT2D eigenvalue weighted by Gasteiger charge is -2.42. The predicted octanol–water partition coefficient (Wildman–Crippen LogP) is 2.33. The second kappa shape index (κ2) is 7.25. The summed E-state index contributed by atoms with van der Waals surface area (Å²) in [6.45, 7) is 8.20. The molecule has 0 aromatic rings. The number of hydrogen-bond acceptors (Lipinski definition) is 3. The van der Waals surface area contributed by atoms with Crippen molar-refractivity contribution in [3.05, 3.63) is 0 Å². The summed E-state index contributed by atoms with van der Waals surface area (Å²) in [4.78, 5) is 0. The largest absolute Gasteiger partial charge is 0.375 e. The third kappa shape index (κ3) is 4.04. The summed E-state index contributed by atoms with van der Waals surface area (Å²) in [6.07, 6.45) is 4.83. The highest BCUT2D eigenvalue weighted by Crippen LogP contribution is 2.26. The average molecular weight is 229 g/mol. The molecule has 0 radical (unpaired) electrons. The Bertz CT molecular complexity index is 187. The molecule has 0 aromatic heterocycles. The lowest BCUT2D eigenvalue weighted by atomic mass is 9.86. The molecule has 3 nitrogen and oxygen atoms in total. The van der Waals surface area contributed by atoms with Gasteiger partial charge < -0.3 is 15.2 Å². The predicted molar refractivity (Wildman–Crippen MR) is 66.4 cm³/mol. The quantitative estimate of drug-likeness (QED) is 0.695. The molecule has 1 aliphatic carbocycles. The molecule has 16 heavy (non-hydrogen) atoms. The zero-order valence-corrected chi connectivity index (χ0v) is 10.9. The molecule has 0 heterocycles. The van der Waals surface area contributed by atoms with Crippen LogP contribution >= 0.6 is 0 Å². The van der Waals surface area contributed by atoms with Crippen LogP contribution in [0.3, 0.4) is 0 Å². The second-order valence-electron chi connectivity index (χ2n) is 5.00. The molecule has 0 aliphatic heterocycles. The second-order valence-corrected chi connectivity index (χ2v) is 5.00. The fourth-order valence-corrected chi connectivity index (χ4v) is 2.13. The summed E-state index contributed by atoms with van der Waals surface area (Å²) in [7, 11) is 0. The summed E-state index contributed by atoms with van der Waals surface area (Å²) in [5, 5.41) is 0. The van der Waals surface area contributed by atoms with E-state index in [-0.39, 0.29) is 18.2 Å². The van der Waals surface area contributed by atoms with E-state index >= 15 is 0 Å². The summed E-state index contributed by atoms with van der Waals surface area (Å²) in [5.41, 5.74) is 5.91. The van der Waals surface area contributed by atoms with E-state index in [1.54, 1.807) is 0 Å². The van der Waals surface area contributed by atoms with Crippen LogP contribution in [-0.4, -0.2) is 31.5 Å². The van der Waals surface area contributed by atoms with E-state index in [1.165, 1.54) is 12.8 Å². The van der Waals surface area contributed by atoms with Gasteiger partial charge >= 0.3 is 0 Å². The Balaban J connectivity index is 2.16. The minimum Gasteiger partial charge on any atom is -0.375 e. The van der Waals surface area contributed by atoms with Crippen LogP contribution in [0.2, 0.25) is 0 Å². The molecule has 0 aromatic carbocycles. The number of hydrogen-bond donors (Lipinski definition) is 1. The lowest BCUT2D eigenvalue weighted by molar-refractivity contribution is -0.144. The highest BCUT2D eigenvalue weighted by atomic mass is 16.5. The molecule has 0 bridgehead atoms. The smallest absolute Gasteiger partial charge is 0.0988 e. The van der Waals surface area contributed by atoms with E-state index in [1.807, 2.05) is 0 Å². The van der Waals surface area contributed by atoms with Crippen LogP contribution in [-0.2, 0) is 9.47 Å². The van der Waals surface area contributed by atoms with Crippen molar-refractivity contribution >= 4 is 0 Å². The first-order chi connectivity index (χ1) is 7.69. The Morgan fingerprint density at radius 3 is 2.56 bits per heavy atom. The molecule has 1 fully saturated rings. The standard InChI is InChI=1S/C13H27NO2/c1-4-6-10(3)9-16-12-8-11(14)13(12)15-7-5-2/h10-13H,4-9,14H2,1-3H3. The van der Waals surface area contributed by atoms with Crippen LogP contribution in [0.5, 0.6) is 0 Å². The van der Waals surface area contributed by atoms with E-state index in [2.05, 4.69) is 20.8 Å². The van der Waals surface area contributed by atoms with E-state index in [4.69, 9.17) is 15.2 Å². The maximum absolute atomic E-state index is 5.91. The van der Waals surface area contributed by atoms with Gasteiger partial charge in [-0.25, -0.2) is 0 Å². The van der Waals surface area contributed by atoms with Gasteiger partial charge in [-0.1, -0.05) is 27.2 Å². The van der Waals surface area contributed by atoms with E-state index in [0.717, 1.165) is 26.1 Å². The first-order valence-corrected chi connectivity index (χ1v) is 6.67. The van der Waals surface area contributed by atoms with Gasteiger partial charge in [-0.05, 0) is 25.2 Å². The molecule has 1 rings (SSSR count). The van der Waals surface area contributed by atoms with Crippen molar-refractivity contribution in [3.63, 3.8) is 0 Å². The SMILES string of the molecule is CCCOC1C(N)CC1OCC(C)CCC. The normalized spacial score (nSPS) is 31.1. The van der Waals surface area contributed by atoms with Crippen molar-refractivity contribution < 1.29 is 9.47 Å². The third-order valence-electron chi connectivity index (χ3n) is 3.18. The van der Waals surface area contributed by atoms with Gasteiger partial charge in [0.15, 0.2) is 0 Å². The van der Waals surface area contributed by atoms with E-state index in [0.29, 0.717) is 5.92 Å². The lowest BCUT2D eigenvalue weighted by Crippen LogP contribution is -2.58. The monoisotopic (exact) mass is 229 g/mol. The third-order valence-corrected chi connectivity index (χ3v) is 3.18. The van der Waals surface area contributed by atoms with Gasteiger partial charge in [-0.15, -0.1) is 0 Å². The highest BCUT2D eigenvalue weighted by Gasteiger charge is 2.40. The van der Waals surface area contributed by atoms with Crippen LogP contribution in [0.15, 0.2) is 0 Å². The zero-order chi connectivity index (χ0) is 12.0. The topological polar surface area (TPSA) is 44.5 Å². The number of ether oxygens (including phenoxy) is 2. The Hall–Kier alpha value is -0.120. The Labute approximate surface area is 99.7 Å². The Morgan fingerprint density at radius 2 is 2.00 bits per heavy atom. The summed E-state index contributed by atoms with van der Waals surface area (Å²) in [6, 6.07) is 0.179. The fraction of sp³-hybridized carbons (Fsp3) is 1.00. The van der Waals surface area contributed by atoms with Crippen molar-refractivity contribution in [3.8, 4) is 0 Å². The summed E-state index contributed by atoms with van der Waals surface area (Å²) < 4.78 is 11.6. The van der Waals surface area contributed by atoms with Gasteiger partial charge in [-0.3, -0.25) is 0 Å². The van der Waals surface area contributed by atoms with Crippen LogP contribution in [0.25, 0.3) is 0 Å². The first-order valence-electron chi connectivity index (χ1n) is 6.67. The van der Waals surface area contributed by atoms with Crippen molar-refractivity contribution in [2.45, 2.75) is 64.7 Å². The van der Waals surface area contributed by atoms with Gasteiger partial charge in [0.05, 0.1) is 12.2 Å². The molecular weight excluding hydrogens is 202 g/mol. The van der Waals surface area contributed by atoms with Gasteiger partial charge in [0.25, 0.3) is 0 Å². The average Bonchev–Trinajstić information content (AvgIpc) is 2.24. The molecule has 1 aliphatic rings. The van der Waals surface area contributed by atoms with Gasteiger partial charge in [-0.2, -0.15) is 0 Å². The van der Waals surface area contributed by atoms with Crippen LogP contribution in [0.1, 0.15) is 46.5 Å². The molecule has 4 atom stereocenters. The molecule has 0 spiro atoms. The Kier molecular flexibility index (Phi) is 6.32. The van der Waals surface area contributed by atoms with Crippen LogP contribution < -0.4 is 5.73 Å². The molecule has 96 valence electrons. The number of rotatable bonds is 8. The first kappa shape index (κ1) is 13.9. The van der Waals surface area contributed by atoms with Crippen molar-refractivity contribution in [1.82, 2.24) is 0 Å². The fourth-order valence-electron chi connectivity index (χ4n) is 2.13. The van der Waals surface area contributed by atoms with Crippen LogP contribution in [0, 0.1) is 5.92 Å². The minimum absolute atomic E-state index is 0.133. The number of nitrogens with two attached hydrogens (primary N) is 1. The molecule has 0 saturated heterocycles. The van der Waals surface area contributed by atoms with Crippen molar-refractivity contribution in [2.75, 3.05) is 13.2 Å². The maximum Gasteiger partial charge on any atom is 0.0988 e. The summed E-state index contributed by atoms with van der Waals surface area (Å²) >= 11 is 0. The van der Waals surface area contributed by atoms with Gasteiger partial charge in [0.1, 0.15) is 0 Å². The van der Waals surface area contributed by atoms with E-state index in [9.17, 15) is 0 Å². The summed E-state index contributed by atoms with van der Waals surface area (Å²) in [5.74, 6) is 0.647. The van der Waals surface area contributed by atoms with Gasteiger partial charge in [0.2, 0.25) is 0 Å². The molecule has 4 unspecified atom stereocenters. The van der Waals surface area contributed by atoms with Gasteiger partial charge in [0, 0.05) is 19.3 Å². The van der Waals surface area contributed by atoms with Crippen molar-refractivity contribution in [1.29, 1.82) is 0 Å². The molecule has 0 amide bonds. The zero-order valence-electron chi connectivity index (χ0n) is 10.9. The molecule has 3 heteroatoms. The highest BCUT2D eigenvalue weighted by molar-refractivity contribution is 4.95. The van der Waals surface area contributed by atoms with Crippen LogP contribution in [0.4, 0.5) is 0 Å². The Morgan fingerprint density at radius 1 is 1.25 bits per heavy atom. The molecule has 2 N–H and O–H groups in total. The molecule has 1 saturated carbocycles. The van der Waals surface area contributed by atoms with Crippen molar-refractivity contribution in [2.24, 2.45) is 11.7 Å². The minimum atomic E-state index is 0.133. The molecular formula is C13H27NO2.